The molecule has 4 rings (SSSR count). The van der Waals surface area contributed by atoms with Crippen molar-refractivity contribution in [2.24, 2.45) is 5.92 Å². The molecule has 1 aliphatic carbocycles. The van der Waals surface area contributed by atoms with Crippen LogP contribution in [0.5, 0.6) is 0 Å². The molecule has 7 atom stereocenters. The van der Waals surface area contributed by atoms with E-state index in [9.17, 15) is 9.90 Å². The molecule has 1 saturated carbocycles. The van der Waals surface area contributed by atoms with Crippen LogP contribution in [-0.2, 0) is 25.5 Å². The second-order valence-electron chi connectivity index (χ2n) is 12.8. The summed E-state index contributed by atoms with van der Waals surface area (Å²) in [6.45, 7) is 19.5. The summed E-state index contributed by atoms with van der Waals surface area (Å²) in [6, 6.07) is 0. The van der Waals surface area contributed by atoms with Crippen molar-refractivity contribution in [3.63, 3.8) is 0 Å². The number of rotatable bonds is 9. The number of hydrogen-bond acceptors (Lipinski definition) is 10. The summed E-state index contributed by atoms with van der Waals surface area (Å²) in [4.78, 5) is 23.4. The fraction of sp³-hybridized carbons (Fsp3) is 0.731. The van der Waals surface area contributed by atoms with Gasteiger partial charge in [-0.1, -0.05) is 32.9 Å². The van der Waals surface area contributed by atoms with Gasteiger partial charge in [-0.25, -0.2) is 4.98 Å². The normalized spacial score (nSPS) is 30.1. The van der Waals surface area contributed by atoms with Gasteiger partial charge in [-0.05, 0) is 57.2 Å². The molecule has 14 heteroatoms. The van der Waals surface area contributed by atoms with Crippen molar-refractivity contribution in [3.05, 3.63) is 28.8 Å². The highest BCUT2D eigenvalue weighted by molar-refractivity contribution is 8.63. The Morgan fingerprint density at radius 2 is 2.15 bits per heavy atom. The first kappa shape index (κ1) is 31.7. The highest BCUT2D eigenvalue weighted by Crippen LogP contribution is 2.55. The first-order valence-electron chi connectivity index (χ1n) is 13.7. The number of nitrogens with zero attached hydrogens (tertiary/aromatic N) is 3. The van der Waals surface area contributed by atoms with Crippen molar-refractivity contribution in [2.75, 3.05) is 12.3 Å². The van der Waals surface area contributed by atoms with Crippen molar-refractivity contribution >= 4 is 54.7 Å². The van der Waals surface area contributed by atoms with Gasteiger partial charge in [-0.2, -0.15) is 9.51 Å². The average Bonchev–Trinajstić information content (AvgIpc) is 3.42. The SMILES string of the molecule is C=C(C)[C@@H]1CC[C@](C)(S[P+](=S)OC[C@H]2O[C@@H](n3cnc4c(=O)[nH]c(N)nc43)CC2O[Si](C)(C)C(C)(C)C)[C@@H](O)C1. The fourth-order valence-corrected chi connectivity index (χ4v) is 11.2. The van der Waals surface area contributed by atoms with E-state index < -0.39 is 32.3 Å². The van der Waals surface area contributed by atoms with E-state index >= 15 is 0 Å². The lowest BCUT2D eigenvalue weighted by molar-refractivity contribution is -0.0334. The largest absolute Gasteiger partial charge is 0.415 e. The number of nitrogens with one attached hydrogen (secondary N) is 1. The molecule has 2 aromatic heterocycles. The molecule has 0 aromatic carbocycles. The number of imidazole rings is 1. The topological polar surface area (TPSA) is 138 Å². The predicted octanol–water partition coefficient (Wildman–Crippen LogP) is 5.40. The second kappa shape index (κ2) is 11.8. The minimum atomic E-state index is -2.14. The van der Waals surface area contributed by atoms with E-state index in [2.05, 4.69) is 62.3 Å². The molecule has 2 unspecified atom stereocenters. The molecule has 10 nitrogen and oxygen atoms in total. The predicted molar refractivity (Wildman–Crippen MR) is 168 cm³/mol. The number of nitrogens with two attached hydrogens (primary N) is 1. The molecule has 0 bridgehead atoms. The number of nitrogen functional groups attached to an aromatic ring is 1. The van der Waals surface area contributed by atoms with E-state index in [1.54, 1.807) is 22.3 Å². The smallest absolute Gasteiger partial charge is 0.411 e. The monoisotopic (exact) mass is 628 g/mol. The number of hydrogen-bond donors (Lipinski definition) is 3. The number of fused-ring (bicyclic) bond motifs is 1. The summed E-state index contributed by atoms with van der Waals surface area (Å²) >= 11 is 7.34. The van der Waals surface area contributed by atoms with Gasteiger partial charge in [0.15, 0.2) is 19.5 Å². The minimum Gasteiger partial charge on any atom is -0.411 e. The van der Waals surface area contributed by atoms with Crippen molar-refractivity contribution in [1.82, 2.24) is 19.5 Å². The van der Waals surface area contributed by atoms with Crippen LogP contribution in [0.25, 0.3) is 11.2 Å². The van der Waals surface area contributed by atoms with Gasteiger partial charge in [-0.15, -0.1) is 0 Å². The molecular weight excluding hydrogens is 586 g/mol. The molecule has 2 aromatic rings. The Labute approximate surface area is 247 Å². The third-order valence-electron chi connectivity index (χ3n) is 8.72. The number of ether oxygens (including phenoxy) is 1. The zero-order chi connectivity index (χ0) is 29.6. The van der Waals surface area contributed by atoms with E-state index in [1.807, 2.05) is 6.92 Å². The van der Waals surface area contributed by atoms with Crippen LogP contribution in [0.4, 0.5) is 5.95 Å². The van der Waals surface area contributed by atoms with Gasteiger partial charge in [0.1, 0.15) is 30.3 Å². The number of aromatic amines is 1. The lowest BCUT2D eigenvalue weighted by Gasteiger charge is -2.39. The number of H-pyrrole nitrogens is 1. The van der Waals surface area contributed by atoms with E-state index in [0.29, 0.717) is 24.4 Å². The van der Waals surface area contributed by atoms with E-state index in [1.165, 1.54) is 0 Å². The molecule has 0 amide bonds. The molecule has 0 spiro atoms. The first-order valence-corrected chi connectivity index (χ1v) is 20.3. The Morgan fingerprint density at radius 1 is 1.45 bits per heavy atom. The zero-order valence-electron chi connectivity index (χ0n) is 24.5. The number of aromatic nitrogens is 4. The quantitative estimate of drug-likeness (QED) is 0.188. The van der Waals surface area contributed by atoms with Gasteiger partial charge in [0, 0.05) is 6.42 Å². The zero-order valence-corrected chi connectivity index (χ0v) is 28.0. The molecule has 0 radical (unpaired) electrons. The van der Waals surface area contributed by atoms with Crippen LogP contribution in [0.3, 0.4) is 0 Å². The molecule has 1 saturated heterocycles. The highest BCUT2D eigenvalue weighted by atomic mass is 32.9. The maximum absolute atomic E-state index is 12.3. The van der Waals surface area contributed by atoms with Crippen molar-refractivity contribution in [1.29, 1.82) is 0 Å². The fourth-order valence-electron chi connectivity index (χ4n) is 5.00. The van der Waals surface area contributed by atoms with Crippen LogP contribution in [0, 0.1) is 5.92 Å². The summed E-state index contributed by atoms with van der Waals surface area (Å²) in [5, 5.41) is 11.0. The van der Waals surface area contributed by atoms with Crippen molar-refractivity contribution in [2.45, 2.75) is 108 Å². The van der Waals surface area contributed by atoms with Crippen LogP contribution in [0.1, 0.15) is 66.5 Å². The average molecular weight is 629 g/mol. The van der Waals surface area contributed by atoms with E-state index in [0.717, 1.165) is 18.4 Å². The summed E-state index contributed by atoms with van der Waals surface area (Å²) in [5.41, 5.74) is 7.12. The molecule has 40 heavy (non-hydrogen) atoms. The Hall–Kier alpha value is -1.18. The Morgan fingerprint density at radius 3 is 2.77 bits per heavy atom. The third kappa shape index (κ3) is 6.72. The maximum atomic E-state index is 12.3. The van der Waals surface area contributed by atoms with Gasteiger partial charge in [0.25, 0.3) is 5.56 Å². The molecular formula is C26H43N5O5PS2Si+. The molecule has 2 fully saturated rings. The Bertz CT molecular complexity index is 1330. The third-order valence-corrected chi connectivity index (χ3v) is 17.6. The van der Waals surface area contributed by atoms with Gasteiger partial charge in [0.2, 0.25) is 17.8 Å². The number of aliphatic hydroxyl groups is 1. The van der Waals surface area contributed by atoms with Gasteiger partial charge in [-0.3, -0.25) is 14.3 Å². The number of aliphatic hydroxyl groups excluding tert-OH is 1. The molecule has 4 N–H and O–H groups in total. The van der Waals surface area contributed by atoms with Crippen LogP contribution >= 0.6 is 17.5 Å². The highest BCUT2D eigenvalue weighted by Gasteiger charge is 2.48. The maximum Gasteiger partial charge on any atom is 0.415 e. The van der Waals surface area contributed by atoms with Crippen LogP contribution in [-0.4, -0.2) is 62.6 Å². The Balaban J connectivity index is 1.49. The van der Waals surface area contributed by atoms with Crippen molar-refractivity contribution in [3.8, 4) is 0 Å². The summed E-state index contributed by atoms with van der Waals surface area (Å²) in [5.74, 6) is 0.366. The van der Waals surface area contributed by atoms with Crippen LogP contribution in [0.15, 0.2) is 23.3 Å². The van der Waals surface area contributed by atoms with Crippen molar-refractivity contribution < 1.29 is 18.8 Å². The molecule has 1 aliphatic heterocycles. The van der Waals surface area contributed by atoms with Gasteiger partial charge in [0.05, 0.1) is 23.3 Å². The standard InChI is InChI=1S/C26H42N5O5PS2Si/c1-15(2)16-9-10-26(6,19(32)11-16)39-37(38)34-13-18-17(36-40(7,8)25(3,4)5)12-20(35-18)31-14-28-21-22(31)29-24(27)30-23(21)33/h14,16-20,32H,1,9-13H2,2-8H3,(H2-,27,29,30,33)/p+1/t16-,17?,18-,19+,20-,26+/m1/s1. The van der Waals surface area contributed by atoms with Gasteiger partial charge < -0.3 is 20.0 Å². The number of allylic oxidation sites excluding steroid dienone is 1. The molecule has 222 valence electrons. The van der Waals surface area contributed by atoms with Crippen LogP contribution in [0.2, 0.25) is 18.1 Å². The summed E-state index contributed by atoms with van der Waals surface area (Å²) in [6.07, 6.45) is 1.82. The Kier molecular flexibility index (Phi) is 9.39. The lowest BCUT2D eigenvalue weighted by atomic mass is 9.77. The van der Waals surface area contributed by atoms with E-state index in [-0.39, 0.29) is 40.1 Å². The summed E-state index contributed by atoms with van der Waals surface area (Å²) in [7, 11) is -2.14. The molecule has 3 heterocycles. The lowest BCUT2D eigenvalue weighted by Crippen LogP contribution is -2.46. The minimum absolute atomic E-state index is 0.00927. The van der Waals surface area contributed by atoms with Gasteiger partial charge >= 0.3 is 6.13 Å². The molecule has 2 aliphatic rings. The second-order valence-corrected chi connectivity index (χ2v) is 22.6. The summed E-state index contributed by atoms with van der Waals surface area (Å²) < 4.78 is 20.9. The first-order chi connectivity index (χ1) is 18.5. The van der Waals surface area contributed by atoms with Crippen LogP contribution < -0.4 is 11.3 Å². The number of anilines is 1. The van der Waals surface area contributed by atoms with E-state index in [4.69, 9.17) is 31.2 Å².